The van der Waals surface area contributed by atoms with Crippen molar-refractivity contribution in [3.05, 3.63) is 105 Å². The molecule has 0 bridgehead atoms. The number of rotatable bonds is 17. The van der Waals surface area contributed by atoms with E-state index in [1.807, 2.05) is 25.2 Å². The minimum absolute atomic E-state index is 0.0500. The quantitative estimate of drug-likeness (QED) is 0.0594. The van der Waals surface area contributed by atoms with E-state index in [2.05, 4.69) is 106 Å². The molecular weight excluding hydrogens is 912 g/mol. The summed E-state index contributed by atoms with van der Waals surface area (Å²) >= 11 is 0. The molecule has 0 radical (unpaired) electrons. The van der Waals surface area contributed by atoms with Gasteiger partial charge in [0.25, 0.3) is 13.7 Å². The molecule has 2 fully saturated rings. The lowest BCUT2D eigenvalue weighted by atomic mass is 9.68. The molecule has 5 N–H and O–H groups in total. The number of aromatic nitrogens is 4. The maximum atomic E-state index is 14.4. The molecule has 9 rings (SSSR count). The number of nitrogens with zero attached hydrogens (tertiary/aromatic N) is 7. The van der Waals surface area contributed by atoms with E-state index in [0.29, 0.717) is 55.2 Å². The molecule has 3 aromatic carbocycles. The summed E-state index contributed by atoms with van der Waals surface area (Å²) in [6, 6.07) is 19.5. The van der Waals surface area contributed by atoms with Gasteiger partial charge in [0.05, 0.1) is 6.61 Å². The molecule has 70 heavy (non-hydrogen) atoms. The van der Waals surface area contributed by atoms with Crippen molar-refractivity contribution >= 4 is 53.8 Å². The van der Waals surface area contributed by atoms with E-state index in [-0.39, 0.29) is 29.7 Å². The van der Waals surface area contributed by atoms with Crippen LogP contribution in [-0.2, 0) is 35.0 Å². The first-order chi connectivity index (χ1) is 33.6. The number of aryl methyl sites for hydroxylation is 1. The zero-order valence-electron chi connectivity index (χ0n) is 40.9. The highest BCUT2D eigenvalue weighted by Crippen LogP contribution is 2.50. The minimum Gasteiger partial charge on any atom is -0.756 e. The number of carbonyl (C=O) groups is 2. The Morgan fingerprint density at radius 3 is 2.59 bits per heavy atom. The second kappa shape index (κ2) is 20.2. The molecule has 2 saturated heterocycles. The van der Waals surface area contributed by atoms with Gasteiger partial charge >= 0.3 is 0 Å². The molecule has 1 aliphatic carbocycles. The van der Waals surface area contributed by atoms with Crippen LogP contribution in [0.4, 0.5) is 17.5 Å². The fourth-order valence-electron chi connectivity index (χ4n) is 10.5. The molecule has 1 unspecified atom stereocenters. The molecule has 19 heteroatoms. The number of nitrogen functional groups attached to an aromatic ring is 1. The average Bonchev–Trinajstić information content (AvgIpc) is 3.87. The number of unbranched alkanes of at least 4 members (excludes halogenated alkanes) is 3. The minimum atomic E-state index is -4.57. The molecule has 2 amide bonds. The molecule has 18 nitrogen and oxygen atoms in total. The van der Waals surface area contributed by atoms with Gasteiger partial charge in [-0.2, -0.15) is 0 Å². The van der Waals surface area contributed by atoms with Crippen LogP contribution in [0, 0.1) is 0 Å². The second-order valence-electron chi connectivity index (χ2n) is 19.5. The first-order valence-corrected chi connectivity index (χ1v) is 26.0. The van der Waals surface area contributed by atoms with Gasteiger partial charge in [0.1, 0.15) is 37.7 Å². The Labute approximate surface area is 408 Å². The van der Waals surface area contributed by atoms with Crippen molar-refractivity contribution < 1.29 is 37.9 Å². The molecule has 3 aliphatic heterocycles. The van der Waals surface area contributed by atoms with E-state index in [1.54, 1.807) is 9.47 Å². The number of nitrogens with one attached hydrogen (secondary N) is 2. The van der Waals surface area contributed by atoms with Crippen LogP contribution in [-0.4, -0.2) is 120 Å². The van der Waals surface area contributed by atoms with Crippen LogP contribution in [0.1, 0.15) is 110 Å². The highest BCUT2D eigenvalue weighted by molar-refractivity contribution is 7.45. The van der Waals surface area contributed by atoms with E-state index in [1.165, 1.54) is 33.6 Å². The number of phosphoric acid groups is 1. The molecule has 5 heterocycles. The largest absolute Gasteiger partial charge is 0.756 e. The lowest BCUT2D eigenvalue weighted by Gasteiger charge is -2.36. The zero-order chi connectivity index (χ0) is 49.5. The smallest absolute Gasteiger partial charge is 0.268 e. The standard InChI is InChI=1S/C51H65N10O8P/c1-7-60-25-14-16-31-26-36-38(28-39(31)60)51(2,3)37-27-32(58(4)5)20-21-35(37)42(36)33-17-10-11-18-34(33)48(64)59(6)24-15-19-41(62)53-22-12-8-9-13-23-54-50-57-43-46(52)55-30-56-47(43)61(50)49-44(63)45-40(68-49)29-67-70(65,66)69-45/h10-11,17-18,20-21,26-28,30,40,44-45,49,52,63H,7-9,12-16,19,22-25,29H2,1-6H3,(H3,53,62,64,65,66)/t40-,44-,45-,49-/m1/s1. The Bertz CT molecular complexity index is 3000. The number of hydrogen-bond donors (Lipinski definition) is 4. The Kier molecular flexibility index (Phi) is 14.2. The third-order valence-electron chi connectivity index (χ3n) is 14.3. The van der Waals surface area contributed by atoms with Crippen LogP contribution in [0.25, 0.3) is 16.7 Å². The number of ether oxygens (including phenoxy) is 1. The fraction of sp³-hybridized carbons (Fsp3) is 0.490. The van der Waals surface area contributed by atoms with Crippen LogP contribution in [0.5, 0.6) is 0 Å². The van der Waals surface area contributed by atoms with Gasteiger partial charge in [-0.15, -0.1) is 0 Å². The van der Waals surface area contributed by atoms with Crippen molar-refractivity contribution in [3.63, 3.8) is 0 Å². The third-order valence-corrected chi connectivity index (χ3v) is 15.3. The normalized spacial score (nSPS) is 22.2. The number of nitrogens with two attached hydrogens (primary N) is 1. The summed E-state index contributed by atoms with van der Waals surface area (Å²) in [5.74, 6) is 0.335. The summed E-state index contributed by atoms with van der Waals surface area (Å²) < 4.78 is 31.8. The van der Waals surface area contributed by atoms with Crippen LogP contribution < -0.4 is 41.3 Å². The van der Waals surface area contributed by atoms with Crippen molar-refractivity contribution in [2.75, 3.05) is 76.4 Å². The summed E-state index contributed by atoms with van der Waals surface area (Å²) in [6.07, 6.45) is 3.12. The number of aliphatic hydroxyl groups is 1. The van der Waals surface area contributed by atoms with Gasteiger partial charge in [0, 0.05) is 81.9 Å². The lowest BCUT2D eigenvalue weighted by molar-refractivity contribution is -0.245. The number of fused-ring (bicyclic) bond motifs is 5. The van der Waals surface area contributed by atoms with Gasteiger partial charge in [-0.25, -0.2) is 19.5 Å². The summed E-state index contributed by atoms with van der Waals surface area (Å²) in [5, 5.41) is 19.9. The molecule has 0 spiro atoms. The van der Waals surface area contributed by atoms with E-state index in [4.69, 9.17) is 19.5 Å². The van der Waals surface area contributed by atoms with Gasteiger partial charge in [-0.1, -0.05) is 51.0 Å². The highest BCUT2D eigenvalue weighted by atomic mass is 31.2. The Morgan fingerprint density at radius 1 is 1.01 bits per heavy atom. The summed E-state index contributed by atoms with van der Waals surface area (Å²) in [5.41, 5.74) is 15.2. The molecule has 0 saturated carbocycles. The summed E-state index contributed by atoms with van der Waals surface area (Å²) in [6.45, 7) is 10.1. The molecular formula is C51H65N10O8P. The average molecular weight is 977 g/mol. The number of benzene rings is 3. The van der Waals surface area contributed by atoms with Crippen LogP contribution >= 0.6 is 7.82 Å². The number of hydrogen-bond acceptors (Lipinski definition) is 14. The van der Waals surface area contributed by atoms with E-state index in [9.17, 15) is 24.2 Å². The predicted molar refractivity (Wildman–Crippen MR) is 266 cm³/mol. The van der Waals surface area contributed by atoms with Crippen molar-refractivity contribution in [3.8, 4) is 0 Å². The lowest BCUT2D eigenvalue weighted by Crippen LogP contribution is -2.43. The molecule has 2 aromatic heterocycles. The number of imidazole rings is 1. The van der Waals surface area contributed by atoms with Crippen LogP contribution in [0.2, 0.25) is 0 Å². The monoisotopic (exact) mass is 976 g/mol. The fourth-order valence-corrected chi connectivity index (χ4v) is 11.5. The van der Waals surface area contributed by atoms with Crippen molar-refractivity contribution in [2.24, 2.45) is 0 Å². The molecule has 5 atom stereocenters. The maximum Gasteiger partial charge on any atom is 0.268 e. The summed E-state index contributed by atoms with van der Waals surface area (Å²) in [7, 11) is 1.39. The van der Waals surface area contributed by atoms with Gasteiger partial charge < -0.3 is 50.0 Å². The van der Waals surface area contributed by atoms with Gasteiger partial charge in [0.2, 0.25) is 17.2 Å². The summed E-state index contributed by atoms with van der Waals surface area (Å²) in [4.78, 5) is 56.2. The molecule has 5 aromatic rings. The van der Waals surface area contributed by atoms with Gasteiger partial charge in [-0.05, 0) is 89.9 Å². The van der Waals surface area contributed by atoms with Gasteiger partial charge in [-0.3, -0.25) is 18.7 Å². The molecule has 4 aliphatic rings. The van der Waals surface area contributed by atoms with Crippen molar-refractivity contribution in [2.45, 2.75) is 102 Å². The van der Waals surface area contributed by atoms with E-state index < -0.39 is 32.4 Å². The SMILES string of the molecule is CC[N+]1=c2cc3c(cc2CCC1)=C(c1ccccc1C(=O)N(C)CCCC(=O)NCCCCCCNc1nc2c(N)ncnc2n1[C@@H]1O[C@@H]2COP(=O)([O-])O[C@H]2[C@H]1O)c1ccc(N(C)C)cc1C3(C)C. The Balaban J connectivity index is 0.788. The maximum absolute atomic E-state index is 14.4. The Morgan fingerprint density at radius 2 is 1.80 bits per heavy atom. The predicted octanol–water partition coefficient (Wildman–Crippen LogP) is 3.60. The van der Waals surface area contributed by atoms with Crippen molar-refractivity contribution in [1.82, 2.24) is 34.3 Å². The van der Waals surface area contributed by atoms with E-state index >= 15 is 0 Å². The Hall–Kier alpha value is -5.75. The first kappa shape index (κ1) is 49.2. The number of amides is 2. The second-order valence-corrected chi connectivity index (χ2v) is 20.9. The van der Waals surface area contributed by atoms with E-state index in [0.717, 1.165) is 74.0 Å². The zero-order valence-corrected chi connectivity index (χ0v) is 41.8. The third kappa shape index (κ3) is 9.57. The van der Waals surface area contributed by atoms with Crippen LogP contribution in [0.3, 0.4) is 0 Å². The number of aliphatic hydroxyl groups excluding tert-OH is 1. The molecule has 372 valence electrons. The highest BCUT2D eigenvalue weighted by Gasteiger charge is 2.51. The number of anilines is 3. The first-order valence-electron chi connectivity index (χ1n) is 24.5. The number of phosphoric ester groups is 1. The van der Waals surface area contributed by atoms with Crippen molar-refractivity contribution in [1.29, 1.82) is 0 Å². The number of carbonyl (C=O) groups excluding carboxylic acids is 2. The van der Waals surface area contributed by atoms with Crippen LogP contribution in [0.15, 0.2) is 60.9 Å². The van der Waals surface area contributed by atoms with Gasteiger partial charge in [0.15, 0.2) is 23.2 Å². The topological polar surface area (TPSA) is 225 Å².